The lowest BCUT2D eigenvalue weighted by Gasteiger charge is -2.13. The Kier molecular flexibility index (Phi) is 5.59. The van der Waals surface area contributed by atoms with Crippen molar-refractivity contribution in [3.05, 3.63) is 29.6 Å². The molecule has 3 rings (SSSR count). The summed E-state index contributed by atoms with van der Waals surface area (Å²) >= 11 is 1.36. The summed E-state index contributed by atoms with van der Waals surface area (Å²) in [6, 6.07) is 7.04. The summed E-state index contributed by atoms with van der Waals surface area (Å²) in [6.07, 6.45) is 4.62. The third-order valence-electron chi connectivity index (χ3n) is 4.40. The van der Waals surface area contributed by atoms with Crippen LogP contribution in [-0.2, 0) is 14.8 Å². The van der Waals surface area contributed by atoms with E-state index in [0.717, 1.165) is 36.8 Å². The number of benzene rings is 1. The number of nitrogens with one attached hydrogen (secondary N) is 2. The van der Waals surface area contributed by atoms with Gasteiger partial charge in [-0.05, 0) is 30.9 Å². The number of nitrogens with zero attached hydrogens (tertiary/aromatic N) is 1. The zero-order chi connectivity index (χ0) is 18.7. The first kappa shape index (κ1) is 18.8. The Morgan fingerprint density at radius 2 is 2.04 bits per heavy atom. The van der Waals surface area contributed by atoms with Gasteiger partial charge in [0.2, 0.25) is 15.9 Å². The van der Waals surface area contributed by atoms with E-state index in [1.165, 1.54) is 11.3 Å². The number of amides is 1. The number of sulfonamides is 1. The molecular formula is C17H22N4O3S2. The van der Waals surface area contributed by atoms with Gasteiger partial charge in [-0.15, -0.1) is 11.3 Å². The molecule has 0 radical (unpaired) electrons. The Hall–Kier alpha value is -1.97. The first-order chi connectivity index (χ1) is 12.3. The molecule has 140 valence electrons. The van der Waals surface area contributed by atoms with E-state index < -0.39 is 10.0 Å². The molecule has 1 heterocycles. The van der Waals surface area contributed by atoms with E-state index >= 15 is 0 Å². The fraction of sp³-hybridized carbons (Fsp3) is 0.412. The highest BCUT2D eigenvalue weighted by Crippen LogP contribution is 2.29. The molecule has 0 saturated heterocycles. The van der Waals surface area contributed by atoms with Gasteiger partial charge in [0.05, 0.1) is 11.9 Å². The Morgan fingerprint density at radius 3 is 2.65 bits per heavy atom. The fourth-order valence-corrected chi connectivity index (χ4v) is 4.41. The van der Waals surface area contributed by atoms with Crippen LogP contribution in [0.3, 0.4) is 0 Å². The maximum Gasteiger partial charge on any atom is 0.229 e. The van der Waals surface area contributed by atoms with E-state index in [9.17, 15) is 13.2 Å². The van der Waals surface area contributed by atoms with Gasteiger partial charge in [0, 0.05) is 29.1 Å². The molecule has 1 aromatic heterocycles. The standard InChI is InChI=1S/C17H22N4O3S2/c1-26(23,24)21-13-7-5-11(6-8-13)15-10-25-17(19-15)20-16(22)9-12-3-2-4-14(12)18/h5-8,10,12,14,21H,2-4,9,18H2,1H3,(H,19,20,22)/t12-,14+/m0/s1. The number of carbonyl (C=O) groups is 1. The van der Waals surface area contributed by atoms with Crippen molar-refractivity contribution in [1.29, 1.82) is 0 Å². The van der Waals surface area contributed by atoms with Crippen molar-refractivity contribution in [3.8, 4) is 11.3 Å². The van der Waals surface area contributed by atoms with Crippen LogP contribution in [0, 0.1) is 5.92 Å². The van der Waals surface area contributed by atoms with Gasteiger partial charge in [-0.25, -0.2) is 13.4 Å². The first-order valence-electron chi connectivity index (χ1n) is 8.39. The maximum absolute atomic E-state index is 12.2. The van der Waals surface area contributed by atoms with E-state index in [0.29, 0.717) is 17.2 Å². The second kappa shape index (κ2) is 7.73. The summed E-state index contributed by atoms with van der Waals surface area (Å²) in [5.74, 6) is 0.199. The number of thiazole rings is 1. The minimum absolute atomic E-state index is 0.0547. The average molecular weight is 395 g/mol. The number of hydrogen-bond donors (Lipinski definition) is 3. The molecule has 7 nitrogen and oxygen atoms in total. The molecule has 2 atom stereocenters. The van der Waals surface area contributed by atoms with Gasteiger partial charge in [-0.3, -0.25) is 9.52 Å². The molecule has 1 aromatic carbocycles. The average Bonchev–Trinajstić information content (AvgIpc) is 3.16. The molecule has 1 saturated carbocycles. The minimum atomic E-state index is -3.30. The third-order valence-corrected chi connectivity index (χ3v) is 5.76. The quantitative estimate of drug-likeness (QED) is 0.697. The van der Waals surface area contributed by atoms with Crippen molar-refractivity contribution in [2.24, 2.45) is 11.7 Å². The predicted molar refractivity (Wildman–Crippen MR) is 105 cm³/mol. The Morgan fingerprint density at radius 1 is 1.31 bits per heavy atom. The monoisotopic (exact) mass is 394 g/mol. The summed E-state index contributed by atoms with van der Waals surface area (Å²) in [7, 11) is -3.30. The van der Waals surface area contributed by atoms with Crippen molar-refractivity contribution in [2.45, 2.75) is 31.7 Å². The van der Waals surface area contributed by atoms with E-state index in [2.05, 4.69) is 15.0 Å². The first-order valence-corrected chi connectivity index (χ1v) is 11.2. The fourth-order valence-electron chi connectivity index (χ4n) is 3.11. The lowest BCUT2D eigenvalue weighted by Crippen LogP contribution is -2.28. The lowest BCUT2D eigenvalue weighted by molar-refractivity contribution is -0.117. The van der Waals surface area contributed by atoms with E-state index in [-0.39, 0.29) is 17.9 Å². The molecule has 1 aliphatic carbocycles. The van der Waals surface area contributed by atoms with E-state index in [4.69, 9.17) is 5.73 Å². The molecule has 1 fully saturated rings. The number of nitrogens with two attached hydrogens (primary N) is 1. The molecule has 0 spiro atoms. The number of rotatable bonds is 6. The molecule has 1 aliphatic rings. The Bertz CT molecular complexity index is 878. The highest BCUT2D eigenvalue weighted by Gasteiger charge is 2.26. The molecule has 4 N–H and O–H groups in total. The van der Waals surface area contributed by atoms with E-state index in [1.807, 2.05) is 5.38 Å². The summed E-state index contributed by atoms with van der Waals surface area (Å²) < 4.78 is 24.9. The highest BCUT2D eigenvalue weighted by atomic mass is 32.2. The molecule has 0 bridgehead atoms. The van der Waals surface area contributed by atoms with Crippen LogP contribution in [0.2, 0.25) is 0 Å². The van der Waals surface area contributed by atoms with Crippen LogP contribution in [0.25, 0.3) is 11.3 Å². The number of carbonyl (C=O) groups excluding carboxylic acids is 1. The lowest BCUT2D eigenvalue weighted by atomic mass is 10.00. The van der Waals surface area contributed by atoms with Crippen LogP contribution in [0.4, 0.5) is 10.8 Å². The molecule has 0 unspecified atom stereocenters. The van der Waals surface area contributed by atoms with Gasteiger partial charge in [0.1, 0.15) is 0 Å². The van der Waals surface area contributed by atoms with Gasteiger partial charge in [0.25, 0.3) is 0 Å². The van der Waals surface area contributed by atoms with Gasteiger partial charge < -0.3 is 11.1 Å². The SMILES string of the molecule is CS(=O)(=O)Nc1ccc(-c2csc(NC(=O)C[C@@H]3CCC[C@H]3N)n2)cc1. The zero-order valence-corrected chi connectivity index (χ0v) is 16.1. The highest BCUT2D eigenvalue weighted by molar-refractivity contribution is 7.92. The third kappa shape index (κ3) is 5.03. The Balaban J connectivity index is 1.61. The molecule has 2 aromatic rings. The van der Waals surface area contributed by atoms with Crippen molar-refractivity contribution in [3.63, 3.8) is 0 Å². The maximum atomic E-state index is 12.2. The van der Waals surface area contributed by atoms with Crippen molar-refractivity contribution >= 4 is 38.1 Å². The molecule has 0 aliphatic heterocycles. The minimum Gasteiger partial charge on any atom is -0.327 e. The van der Waals surface area contributed by atoms with Crippen LogP contribution in [0.1, 0.15) is 25.7 Å². The van der Waals surface area contributed by atoms with Crippen molar-refractivity contribution in [2.75, 3.05) is 16.3 Å². The number of hydrogen-bond acceptors (Lipinski definition) is 6. The largest absolute Gasteiger partial charge is 0.327 e. The Labute approximate surface area is 157 Å². The number of aromatic nitrogens is 1. The summed E-state index contributed by atoms with van der Waals surface area (Å²) in [5, 5.41) is 5.25. The van der Waals surface area contributed by atoms with Crippen molar-refractivity contribution in [1.82, 2.24) is 4.98 Å². The molecule has 9 heteroatoms. The molecular weight excluding hydrogens is 372 g/mol. The van der Waals surface area contributed by atoms with Gasteiger partial charge in [-0.1, -0.05) is 18.6 Å². The van der Waals surface area contributed by atoms with Crippen LogP contribution < -0.4 is 15.8 Å². The summed E-state index contributed by atoms with van der Waals surface area (Å²) in [5.41, 5.74) is 8.09. The summed E-state index contributed by atoms with van der Waals surface area (Å²) in [6.45, 7) is 0. The van der Waals surface area contributed by atoms with Crippen LogP contribution in [0.5, 0.6) is 0 Å². The zero-order valence-electron chi connectivity index (χ0n) is 14.4. The van der Waals surface area contributed by atoms with Crippen LogP contribution in [-0.4, -0.2) is 31.6 Å². The van der Waals surface area contributed by atoms with Crippen molar-refractivity contribution < 1.29 is 13.2 Å². The van der Waals surface area contributed by atoms with E-state index in [1.54, 1.807) is 24.3 Å². The predicted octanol–water partition coefficient (Wildman–Crippen LogP) is 2.64. The number of anilines is 2. The van der Waals surface area contributed by atoms with Gasteiger partial charge >= 0.3 is 0 Å². The molecule has 26 heavy (non-hydrogen) atoms. The normalized spacial score (nSPS) is 20.1. The van der Waals surface area contributed by atoms with Gasteiger partial charge in [-0.2, -0.15) is 0 Å². The summed E-state index contributed by atoms with van der Waals surface area (Å²) in [4.78, 5) is 16.6. The smallest absolute Gasteiger partial charge is 0.229 e. The second-order valence-corrected chi connectivity index (χ2v) is 9.20. The van der Waals surface area contributed by atoms with Crippen LogP contribution in [0.15, 0.2) is 29.6 Å². The second-order valence-electron chi connectivity index (χ2n) is 6.60. The topological polar surface area (TPSA) is 114 Å². The molecule has 1 amide bonds. The van der Waals surface area contributed by atoms with Gasteiger partial charge in [0.15, 0.2) is 5.13 Å². The van der Waals surface area contributed by atoms with Crippen LogP contribution >= 0.6 is 11.3 Å².